The molecule has 1 rings (SSSR count). The van der Waals surface area contributed by atoms with Crippen LogP contribution in [0.3, 0.4) is 0 Å². The smallest absolute Gasteiger partial charge is 0.308 e. The highest BCUT2D eigenvalue weighted by molar-refractivity contribution is 5.69. The van der Waals surface area contributed by atoms with Gasteiger partial charge in [-0.15, -0.1) is 0 Å². The summed E-state index contributed by atoms with van der Waals surface area (Å²) in [7, 11) is 2.04. The first kappa shape index (κ1) is 15.4. The molecule has 0 aliphatic heterocycles. The van der Waals surface area contributed by atoms with E-state index in [0.29, 0.717) is 25.1 Å². The highest BCUT2D eigenvalue weighted by atomic mass is 16.5. The molecule has 0 radical (unpaired) electrons. The lowest BCUT2D eigenvalue weighted by Crippen LogP contribution is -2.43. The monoisotopic (exact) mass is 257 g/mol. The third-order valence-electron chi connectivity index (χ3n) is 3.84. The summed E-state index contributed by atoms with van der Waals surface area (Å²) in [5.74, 6) is 0.369. The third-order valence-corrected chi connectivity index (χ3v) is 3.84. The molecule has 0 amide bonds. The molecular formula is C14H27NO3. The molecule has 0 aromatic rings. The molecule has 1 aliphatic rings. The molecule has 4 nitrogen and oxygen atoms in total. The first-order chi connectivity index (χ1) is 8.54. The van der Waals surface area contributed by atoms with Gasteiger partial charge in [-0.3, -0.25) is 4.79 Å². The van der Waals surface area contributed by atoms with Crippen LogP contribution >= 0.6 is 0 Å². The van der Waals surface area contributed by atoms with Gasteiger partial charge in [-0.25, -0.2) is 0 Å². The fourth-order valence-corrected chi connectivity index (χ4v) is 2.90. The Balaban J connectivity index is 2.33. The lowest BCUT2D eigenvalue weighted by Gasteiger charge is -2.37. The van der Waals surface area contributed by atoms with E-state index in [1.54, 1.807) is 6.92 Å². The second-order valence-corrected chi connectivity index (χ2v) is 5.43. The molecule has 0 spiro atoms. The predicted molar refractivity (Wildman–Crippen MR) is 71.3 cm³/mol. The minimum Gasteiger partial charge on any atom is -0.466 e. The second kappa shape index (κ2) is 7.74. The van der Waals surface area contributed by atoms with E-state index in [1.807, 2.05) is 7.05 Å². The van der Waals surface area contributed by atoms with Crippen LogP contribution in [0.5, 0.6) is 0 Å². The van der Waals surface area contributed by atoms with Crippen molar-refractivity contribution in [3.8, 4) is 0 Å². The van der Waals surface area contributed by atoms with Gasteiger partial charge in [0.15, 0.2) is 0 Å². The second-order valence-electron chi connectivity index (χ2n) is 5.43. The van der Waals surface area contributed by atoms with Gasteiger partial charge in [0.05, 0.1) is 19.1 Å². The van der Waals surface area contributed by atoms with Crippen LogP contribution in [0.25, 0.3) is 0 Å². The summed E-state index contributed by atoms with van der Waals surface area (Å²) in [6.45, 7) is 4.98. The van der Waals surface area contributed by atoms with Gasteiger partial charge in [0.1, 0.15) is 0 Å². The van der Waals surface area contributed by atoms with Gasteiger partial charge in [0.25, 0.3) is 0 Å². The Hall–Kier alpha value is -0.610. The van der Waals surface area contributed by atoms with Crippen molar-refractivity contribution in [3.63, 3.8) is 0 Å². The van der Waals surface area contributed by atoms with Gasteiger partial charge in [-0.2, -0.15) is 0 Å². The summed E-state index contributed by atoms with van der Waals surface area (Å²) < 4.78 is 4.84. The van der Waals surface area contributed by atoms with Gasteiger partial charge >= 0.3 is 5.97 Å². The molecule has 0 heterocycles. The van der Waals surface area contributed by atoms with E-state index in [-0.39, 0.29) is 12.4 Å². The highest BCUT2D eigenvalue weighted by Gasteiger charge is 2.26. The van der Waals surface area contributed by atoms with Crippen molar-refractivity contribution in [1.82, 2.24) is 4.90 Å². The summed E-state index contributed by atoms with van der Waals surface area (Å²) in [6.07, 6.45) is 4.53. The van der Waals surface area contributed by atoms with Crippen molar-refractivity contribution >= 4 is 5.97 Å². The minimum atomic E-state index is -0.622. The van der Waals surface area contributed by atoms with Crippen LogP contribution in [0, 0.1) is 5.92 Å². The maximum absolute atomic E-state index is 11.3. The van der Waals surface area contributed by atoms with E-state index < -0.39 is 6.10 Å². The largest absolute Gasteiger partial charge is 0.466 e. The number of aliphatic hydroxyl groups excluding tert-OH is 1. The van der Waals surface area contributed by atoms with E-state index in [9.17, 15) is 9.90 Å². The number of hydrogen-bond acceptors (Lipinski definition) is 4. The standard InChI is InChI=1S/C14H27NO3/c1-4-18-14(17)9-12(16)10-15(3)13-8-6-5-7-11(13)2/h11-13,16H,4-10H2,1-3H3. The number of ether oxygens (including phenoxy) is 1. The van der Waals surface area contributed by atoms with E-state index in [0.717, 1.165) is 0 Å². The summed E-state index contributed by atoms with van der Waals surface area (Å²) in [5, 5.41) is 9.89. The lowest BCUT2D eigenvalue weighted by atomic mass is 9.85. The number of aliphatic hydroxyl groups is 1. The van der Waals surface area contributed by atoms with E-state index in [2.05, 4.69) is 11.8 Å². The first-order valence-electron chi connectivity index (χ1n) is 7.08. The molecular weight excluding hydrogens is 230 g/mol. The first-order valence-corrected chi connectivity index (χ1v) is 7.08. The molecule has 1 N–H and O–H groups in total. The van der Waals surface area contributed by atoms with Crippen molar-refractivity contribution in [1.29, 1.82) is 0 Å². The number of hydrogen-bond donors (Lipinski definition) is 1. The van der Waals surface area contributed by atoms with Crippen LogP contribution in [0.1, 0.15) is 46.0 Å². The van der Waals surface area contributed by atoms with Crippen molar-refractivity contribution in [2.75, 3.05) is 20.2 Å². The normalized spacial score (nSPS) is 26.1. The molecule has 1 saturated carbocycles. The molecule has 106 valence electrons. The Morgan fingerprint density at radius 1 is 1.44 bits per heavy atom. The topological polar surface area (TPSA) is 49.8 Å². The SMILES string of the molecule is CCOC(=O)CC(O)CN(C)C1CCCCC1C. The molecule has 3 unspecified atom stereocenters. The molecule has 1 fully saturated rings. The van der Waals surface area contributed by atoms with Gasteiger partial charge in [0.2, 0.25) is 0 Å². The minimum absolute atomic E-state index is 0.0965. The molecule has 0 saturated heterocycles. The number of likely N-dealkylation sites (N-methyl/N-ethyl adjacent to an activating group) is 1. The molecule has 0 aromatic heterocycles. The lowest BCUT2D eigenvalue weighted by molar-refractivity contribution is -0.145. The predicted octanol–water partition coefficient (Wildman–Crippen LogP) is 1.81. The van der Waals surface area contributed by atoms with Crippen molar-refractivity contribution in [2.24, 2.45) is 5.92 Å². The van der Waals surface area contributed by atoms with Crippen LogP contribution in [0.2, 0.25) is 0 Å². The zero-order valence-electron chi connectivity index (χ0n) is 11.9. The molecule has 18 heavy (non-hydrogen) atoms. The van der Waals surface area contributed by atoms with Crippen molar-refractivity contribution in [2.45, 2.75) is 58.1 Å². The molecule has 4 heteroatoms. The summed E-state index contributed by atoms with van der Waals surface area (Å²) in [6, 6.07) is 0.538. The van der Waals surface area contributed by atoms with Crippen LogP contribution in [-0.2, 0) is 9.53 Å². The van der Waals surface area contributed by atoms with Gasteiger partial charge in [-0.1, -0.05) is 19.8 Å². The fourth-order valence-electron chi connectivity index (χ4n) is 2.90. The summed E-state index contributed by atoms with van der Waals surface area (Å²) in [4.78, 5) is 13.5. The number of carbonyl (C=O) groups excluding carboxylic acids is 1. The van der Waals surface area contributed by atoms with Gasteiger partial charge < -0.3 is 14.7 Å². The van der Waals surface area contributed by atoms with Gasteiger partial charge in [-0.05, 0) is 32.7 Å². The quantitative estimate of drug-likeness (QED) is 0.737. The maximum atomic E-state index is 11.3. The average Bonchev–Trinajstić information content (AvgIpc) is 2.29. The number of carbonyl (C=O) groups is 1. The van der Waals surface area contributed by atoms with Gasteiger partial charge in [0, 0.05) is 12.6 Å². The Bertz CT molecular complexity index is 257. The zero-order chi connectivity index (χ0) is 13.5. The summed E-state index contributed by atoms with van der Waals surface area (Å²) in [5.41, 5.74) is 0. The molecule has 1 aliphatic carbocycles. The fraction of sp³-hybridized carbons (Fsp3) is 0.929. The Morgan fingerprint density at radius 3 is 2.72 bits per heavy atom. The Morgan fingerprint density at radius 2 is 2.11 bits per heavy atom. The number of esters is 1. The Kier molecular flexibility index (Phi) is 6.65. The van der Waals surface area contributed by atoms with Crippen molar-refractivity contribution in [3.05, 3.63) is 0 Å². The van der Waals surface area contributed by atoms with Crippen LogP contribution in [0.4, 0.5) is 0 Å². The molecule has 3 atom stereocenters. The van der Waals surface area contributed by atoms with E-state index >= 15 is 0 Å². The zero-order valence-corrected chi connectivity index (χ0v) is 11.9. The average molecular weight is 257 g/mol. The van der Waals surface area contributed by atoms with E-state index in [1.165, 1.54) is 25.7 Å². The van der Waals surface area contributed by atoms with Crippen molar-refractivity contribution < 1.29 is 14.6 Å². The van der Waals surface area contributed by atoms with Crippen LogP contribution in [0.15, 0.2) is 0 Å². The Labute approximate surface area is 110 Å². The van der Waals surface area contributed by atoms with Crippen LogP contribution in [-0.4, -0.2) is 48.3 Å². The molecule has 0 bridgehead atoms. The number of rotatable bonds is 6. The maximum Gasteiger partial charge on any atom is 0.308 e. The summed E-state index contributed by atoms with van der Waals surface area (Å²) >= 11 is 0. The third kappa shape index (κ3) is 4.94. The number of nitrogens with zero attached hydrogens (tertiary/aromatic N) is 1. The van der Waals surface area contributed by atoms with E-state index in [4.69, 9.17) is 4.74 Å². The van der Waals surface area contributed by atoms with Crippen LogP contribution < -0.4 is 0 Å². The molecule has 0 aromatic carbocycles. The highest BCUT2D eigenvalue weighted by Crippen LogP contribution is 2.27.